The van der Waals surface area contributed by atoms with Crippen molar-refractivity contribution >= 4 is 17.8 Å². The first-order chi connectivity index (χ1) is 11.5. The molecule has 2 unspecified atom stereocenters. The van der Waals surface area contributed by atoms with Gasteiger partial charge in [-0.2, -0.15) is 0 Å². The molecule has 1 aliphatic rings. The molecule has 24 heavy (non-hydrogen) atoms. The number of carboxylic acids is 1. The van der Waals surface area contributed by atoms with E-state index in [0.29, 0.717) is 6.42 Å². The number of H-pyrrole nitrogens is 1. The Labute approximate surface area is 137 Å². The number of carbonyl (C=O) groups is 2. The van der Waals surface area contributed by atoms with Crippen molar-refractivity contribution in [1.29, 1.82) is 0 Å². The molecule has 0 radical (unpaired) electrons. The molecule has 2 aromatic rings. The van der Waals surface area contributed by atoms with Crippen molar-refractivity contribution < 1.29 is 14.7 Å². The van der Waals surface area contributed by atoms with Crippen molar-refractivity contribution in [2.75, 3.05) is 5.01 Å². The number of carboxylic acid groups (broad SMARTS) is 1. The maximum atomic E-state index is 12.6. The average Bonchev–Trinajstić information content (AvgIpc) is 2.83. The van der Waals surface area contributed by atoms with E-state index >= 15 is 0 Å². The second-order valence-corrected chi connectivity index (χ2v) is 5.64. The van der Waals surface area contributed by atoms with Crippen LogP contribution < -0.4 is 16.0 Å². The van der Waals surface area contributed by atoms with Gasteiger partial charge in [-0.3, -0.25) is 14.6 Å². The van der Waals surface area contributed by atoms with Crippen LogP contribution in [-0.2, 0) is 11.2 Å². The number of nitrogens with one attached hydrogen (secondary N) is 2. The Balaban J connectivity index is 1.83. The molecule has 8 nitrogen and oxygen atoms in total. The van der Waals surface area contributed by atoms with E-state index in [-0.39, 0.29) is 23.8 Å². The Morgan fingerprint density at radius 2 is 2.00 bits per heavy atom. The lowest BCUT2D eigenvalue weighted by molar-refractivity contribution is -0.120. The van der Waals surface area contributed by atoms with Gasteiger partial charge in [-0.15, -0.1) is 0 Å². The van der Waals surface area contributed by atoms with Crippen molar-refractivity contribution in [3.05, 3.63) is 58.0 Å². The number of nitrogens with zero attached hydrogens (tertiary/aromatic N) is 2. The molecule has 0 spiro atoms. The van der Waals surface area contributed by atoms with E-state index in [0.717, 1.165) is 11.8 Å². The van der Waals surface area contributed by atoms with Gasteiger partial charge in [0.2, 0.25) is 11.9 Å². The second-order valence-electron chi connectivity index (χ2n) is 5.64. The molecule has 1 aromatic carbocycles. The molecule has 3 rings (SSSR count). The third kappa shape index (κ3) is 2.91. The van der Waals surface area contributed by atoms with Crippen LogP contribution >= 0.6 is 0 Å². The predicted molar refractivity (Wildman–Crippen MR) is 85.5 cm³/mol. The molecule has 0 bridgehead atoms. The Morgan fingerprint density at radius 1 is 1.29 bits per heavy atom. The van der Waals surface area contributed by atoms with Gasteiger partial charge in [0.05, 0.1) is 12.1 Å². The minimum atomic E-state index is -1.37. The van der Waals surface area contributed by atoms with E-state index in [4.69, 9.17) is 5.11 Å². The van der Waals surface area contributed by atoms with Gasteiger partial charge in [-0.25, -0.2) is 20.2 Å². The summed E-state index contributed by atoms with van der Waals surface area (Å²) in [7, 11) is 0. The van der Waals surface area contributed by atoms with E-state index in [1.54, 1.807) is 0 Å². The summed E-state index contributed by atoms with van der Waals surface area (Å²) in [6.45, 7) is 1.87. The van der Waals surface area contributed by atoms with E-state index in [9.17, 15) is 14.4 Å². The number of aromatic amines is 1. The number of hydrogen-bond donors (Lipinski definition) is 3. The number of anilines is 1. The predicted octanol–water partition coefficient (Wildman–Crippen LogP) is 0.567. The number of aromatic nitrogens is 2. The van der Waals surface area contributed by atoms with Crippen LogP contribution in [-0.4, -0.2) is 33.0 Å². The summed E-state index contributed by atoms with van der Waals surface area (Å²) in [6.07, 6.45) is 1.50. The summed E-state index contributed by atoms with van der Waals surface area (Å²) in [6, 6.07) is 9.48. The topological polar surface area (TPSA) is 115 Å². The van der Waals surface area contributed by atoms with E-state index in [2.05, 4.69) is 15.4 Å². The van der Waals surface area contributed by atoms with Gasteiger partial charge in [0.15, 0.2) is 0 Å². The second kappa shape index (κ2) is 6.25. The molecule has 0 aliphatic carbocycles. The smallest absolute Gasteiger partial charge is 0.342 e. The largest absolute Gasteiger partial charge is 0.477 e. The van der Waals surface area contributed by atoms with Crippen molar-refractivity contribution in [3.8, 4) is 0 Å². The number of carbonyl (C=O) groups excluding carboxylic acids is 1. The first-order valence-electron chi connectivity index (χ1n) is 7.44. The van der Waals surface area contributed by atoms with Crippen LogP contribution in [0, 0.1) is 5.92 Å². The fourth-order valence-corrected chi connectivity index (χ4v) is 2.69. The normalized spacial score (nSPS) is 20.4. The van der Waals surface area contributed by atoms with Crippen LogP contribution in [0.5, 0.6) is 0 Å². The van der Waals surface area contributed by atoms with Crippen molar-refractivity contribution in [3.63, 3.8) is 0 Å². The first-order valence-corrected chi connectivity index (χ1v) is 7.44. The van der Waals surface area contributed by atoms with Gasteiger partial charge in [0.1, 0.15) is 5.56 Å². The van der Waals surface area contributed by atoms with Crippen LogP contribution in [0.4, 0.5) is 5.95 Å². The molecule has 8 heteroatoms. The van der Waals surface area contributed by atoms with Crippen molar-refractivity contribution in [2.24, 2.45) is 5.92 Å². The number of rotatable bonds is 4. The third-order valence-corrected chi connectivity index (χ3v) is 4.00. The minimum absolute atomic E-state index is 0.0163. The average molecular weight is 328 g/mol. The molecular formula is C16H16N4O4. The molecule has 3 N–H and O–H groups in total. The SMILES string of the molecule is CC1NN(c2ncc(C(=O)O)c(=O)[nH]2)C(=O)C1Cc1ccccc1. The summed E-state index contributed by atoms with van der Waals surface area (Å²) in [5, 5.41) is 10.0. The standard InChI is InChI=1S/C16H16N4O4/c1-9-11(7-10-5-3-2-4-6-10)14(22)20(19-9)16-17-8-12(15(23)24)13(21)18-16/h2-6,8-9,11,19H,7H2,1H3,(H,23,24)(H,17,18,21). The third-order valence-electron chi connectivity index (χ3n) is 4.00. The molecule has 1 saturated heterocycles. The van der Waals surface area contributed by atoms with Gasteiger partial charge in [0.25, 0.3) is 5.56 Å². The number of aromatic carboxylic acids is 1. The molecule has 1 amide bonds. The molecule has 2 atom stereocenters. The lowest BCUT2D eigenvalue weighted by Crippen LogP contribution is -2.39. The molecule has 2 heterocycles. The van der Waals surface area contributed by atoms with E-state index < -0.39 is 17.1 Å². The quantitative estimate of drug-likeness (QED) is 0.755. The van der Waals surface area contributed by atoms with Crippen LogP contribution in [0.15, 0.2) is 41.3 Å². The zero-order valence-electron chi connectivity index (χ0n) is 12.9. The first kappa shape index (κ1) is 15.9. The maximum absolute atomic E-state index is 12.6. The monoisotopic (exact) mass is 328 g/mol. The van der Waals surface area contributed by atoms with Gasteiger partial charge in [-0.1, -0.05) is 30.3 Å². The van der Waals surface area contributed by atoms with Gasteiger partial charge in [-0.05, 0) is 18.9 Å². The summed E-state index contributed by atoms with van der Waals surface area (Å²) < 4.78 is 0. The molecule has 0 saturated carbocycles. The van der Waals surface area contributed by atoms with Crippen LogP contribution in [0.25, 0.3) is 0 Å². The minimum Gasteiger partial charge on any atom is -0.477 e. The summed E-state index contributed by atoms with van der Waals surface area (Å²) in [5.41, 5.74) is 2.73. The highest BCUT2D eigenvalue weighted by Crippen LogP contribution is 2.23. The molecule has 124 valence electrons. The van der Waals surface area contributed by atoms with Crippen LogP contribution in [0.1, 0.15) is 22.8 Å². The number of hydrogen-bond acceptors (Lipinski definition) is 5. The lowest BCUT2D eigenvalue weighted by Gasteiger charge is -2.14. The Hall–Kier alpha value is -3.00. The van der Waals surface area contributed by atoms with E-state index in [1.807, 2.05) is 37.3 Å². The zero-order valence-corrected chi connectivity index (χ0v) is 12.9. The highest BCUT2D eigenvalue weighted by molar-refractivity contribution is 5.95. The number of hydrazine groups is 1. The van der Waals surface area contributed by atoms with Crippen LogP contribution in [0.3, 0.4) is 0 Å². The highest BCUT2D eigenvalue weighted by Gasteiger charge is 2.39. The Morgan fingerprint density at radius 3 is 2.62 bits per heavy atom. The fourth-order valence-electron chi connectivity index (χ4n) is 2.69. The summed E-state index contributed by atoms with van der Waals surface area (Å²) in [4.78, 5) is 41.5. The molecule has 1 aromatic heterocycles. The van der Waals surface area contributed by atoms with Gasteiger partial charge in [0, 0.05) is 6.04 Å². The zero-order chi connectivity index (χ0) is 17.3. The van der Waals surface area contributed by atoms with Gasteiger partial charge < -0.3 is 5.11 Å². The Kier molecular flexibility index (Phi) is 4.13. The number of amides is 1. The molecular weight excluding hydrogens is 312 g/mol. The maximum Gasteiger partial charge on any atom is 0.342 e. The van der Waals surface area contributed by atoms with Crippen molar-refractivity contribution in [1.82, 2.24) is 15.4 Å². The number of benzene rings is 1. The Bertz CT molecular complexity index is 833. The summed E-state index contributed by atoms with van der Waals surface area (Å²) in [5.74, 6) is -1.92. The summed E-state index contributed by atoms with van der Waals surface area (Å²) >= 11 is 0. The fraction of sp³-hybridized carbons (Fsp3) is 0.250. The van der Waals surface area contributed by atoms with E-state index in [1.165, 1.54) is 5.01 Å². The lowest BCUT2D eigenvalue weighted by atomic mass is 9.94. The van der Waals surface area contributed by atoms with Crippen LogP contribution in [0.2, 0.25) is 0 Å². The van der Waals surface area contributed by atoms with Crippen molar-refractivity contribution in [2.45, 2.75) is 19.4 Å². The molecule has 1 fully saturated rings. The highest BCUT2D eigenvalue weighted by atomic mass is 16.4. The molecule has 1 aliphatic heterocycles. The van der Waals surface area contributed by atoms with Gasteiger partial charge >= 0.3 is 5.97 Å².